The number of benzene rings is 1. The first-order valence-electron chi connectivity index (χ1n) is 7.20. The number of halogens is 1. The first-order valence-corrected chi connectivity index (χ1v) is 7.20. The monoisotopic (exact) mass is 315 g/mol. The van der Waals surface area contributed by atoms with Crippen LogP contribution in [0.1, 0.15) is 11.1 Å². The van der Waals surface area contributed by atoms with Crippen LogP contribution in [-0.2, 0) is 6.54 Å². The Labute approximate surface area is 133 Å². The number of nitrogen functional groups attached to an aromatic ring is 1. The van der Waals surface area contributed by atoms with E-state index in [2.05, 4.69) is 10.3 Å². The molecule has 0 saturated heterocycles. The Hall–Kier alpha value is -2.83. The average Bonchev–Trinajstić information content (AvgIpc) is 2.54. The summed E-state index contributed by atoms with van der Waals surface area (Å²) in [6, 6.07) is 4.48. The molecule has 2 aromatic rings. The predicted molar refractivity (Wildman–Crippen MR) is 89.3 cm³/mol. The van der Waals surface area contributed by atoms with Crippen LogP contribution in [0.5, 0.6) is 0 Å². The van der Waals surface area contributed by atoms with Crippen LogP contribution in [0.25, 0.3) is 0 Å². The molecule has 2 amide bonds. The molecule has 2 heterocycles. The SMILES string of the molecule is CNc1cc2c(cn1)CN(c1cc(N)c(F)cc1C)C(=O)N2C. The molecule has 3 N–H and O–H groups in total. The molecule has 7 heteroatoms. The fraction of sp³-hybridized carbons (Fsp3) is 0.250. The van der Waals surface area contributed by atoms with E-state index in [4.69, 9.17) is 5.73 Å². The smallest absolute Gasteiger partial charge is 0.329 e. The lowest BCUT2D eigenvalue weighted by molar-refractivity contribution is 0.251. The summed E-state index contributed by atoms with van der Waals surface area (Å²) in [7, 11) is 3.48. The van der Waals surface area contributed by atoms with Crippen molar-refractivity contribution in [2.45, 2.75) is 13.5 Å². The standard InChI is InChI=1S/C16H18FN5O/c1-9-4-11(17)12(18)5-13(9)22-8-10-7-20-15(19-2)6-14(10)21(3)16(22)23/h4-7H,8,18H2,1-3H3,(H,19,20). The average molecular weight is 315 g/mol. The number of urea groups is 1. The minimum atomic E-state index is -0.482. The van der Waals surface area contributed by atoms with E-state index in [0.29, 0.717) is 23.6 Å². The van der Waals surface area contributed by atoms with Gasteiger partial charge in [0.25, 0.3) is 0 Å². The molecule has 0 atom stereocenters. The fourth-order valence-corrected chi connectivity index (χ4v) is 2.72. The van der Waals surface area contributed by atoms with Crippen LogP contribution in [0.2, 0.25) is 0 Å². The van der Waals surface area contributed by atoms with Crippen LogP contribution in [0.15, 0.2) is 24.4 Å². The highest BCUT2D eigenvalue weighted by atomic mass is 19.1. The van der Waals surface area contributed by atoms with Gasteiger partial charge in [0.2, 0.25) is 0 Å². The zero-order valence-electron chi connectivity index (χ0n) is 13.2. The van der Waals surface area contributed by atoms with Crippen LogP contribution < -0.4 is 20.9 Å². The highest BCUT2D eigenvalue weighted by Gasteiger charge is 2.30. The lowest BCUT2D eigenvalue weighted by atomic mass is 10.1. The van der Waals surface area contributed by atoms with Crippen molar-refractivity contribution in [1.29, 1.82) is 0 Å². The molecule has 1 aromatic carbocycles. The number of amides is 2. The number of fused-ring (bicyclic) bond motifs is 1. The molecule has 6 nitrogen and oxygen atoms in total. The van der Waals surface area contributed by atoms with Crippen molar-refractivity contribution in [3.8, 4) is 0 Å². The maximum absolute atomic E-state index is 13.6. The molecule has 0 saturated carbocycles. The van der Waals surface area contributed by atoms with Gasteiger partial charge < -0.3 is 11.1 Å². The summed E-state index contributed by atoms with van der Waals surface area (Å²) in [6.45, 7) is 2.12. The van der Waals surface area contributed by atoms with Crippen molar-refractivity contribution in [2.24, 2.45) is 0 Å². The van der Waals surface area contributed by atoms with E-state index < -0.39 is 5.82 Å². The second-order valence-corrected chi connectivity index (χ2v) is 5.54. The minimum absolute atomic E-state index is 0.0236. The number of carbonyl (C=O) groups excluding carboxylic acids is 1. The Morgan fingerprint density at radius 2 is 2.04 bits per heavy atom. The van der Waals surface area contributed by atoms with Gasteiger partial charge in [-0.2, -0.15) is 0 Å². The van der Waals surface area contributed by atoms with Gasteiger partial charge in [-0.3, -0.25) is 9.80 Å². The molecule has 0 spiro atoms. The lowest BCUT2D eigenvalue weighted by Crippen LogP contribution is -2.45. The van der Waals surface area contributed by atoms with Gasteiger partial charge in [0.15, 0.2) is 0 Å². The van der Waals surface area contributed by atoms with Gasteiger partial charge in [0.1, 0.15) is 11.6 Å². The van der Waals surface area contributed by atoms with E-state index in [-0.39, 0.29) is 11.7 Å². The summed E-state index contributed by atoms with van der Waals surface area (Å²) in [5.41, 5.74) is 8.66. The van der Waals surface area contributed by atoms with Gasteiger partial charge in [0, 0.05) is 31.9 Å². The molecule has 1 aliphatic heterocycles. The van der Waals surface area contributed by atoms with Crippen LogP contribution in [0, 0.1) is 12.7 Å². The number of nitrogens with zero attached hydrogens (tertiary/aromatic N) is 3. The second kappa shape index (κ2) is 5.42. The maximum Gasteiger partial charge on any atom is 0.329 e. The predicted octanol–water partition coefficient (Wildman–Crippen LogP) is 2.73. The molecular weight excluding hydrogens is 297 g/mol. The van der Waals surface area contributed by atoms with Crippen LogP contribution in [0.3, 0.4) is 0 Å². The van der Waals surface area contributed by atoms with Crippen molar-refractivity contribution in [3.63, 3.8) is 0 Å². The highest BCUT2D eigenvalue weighted by Crippen LogP contribution is 2.34. The summed E-state index contributed by atoms with van der Waals surface area (Å²) >= 11 is 0. The Morgan fingerprint density at radius 3 is 2.74 bits per heavy atom. The van der Waals surface area contributed by atoms with E-state index in [9.17, 15) is 9.18 Å². The van der Waals surface area contributed by atoms with Crippen LogP contribution in [-0.4, -0.2) is 25.1 Å². The number of hydrogen-bond acceptors (Lipinski definition) is 4. The molecule has 0 bridgehead atoms. The van der Waals surface area contributed by atoms with Gasteiger partial charge >= 0.3 is 6.03 Å². The van der Waals surface area contributed by atoms with E-state index in [1.165, 1.54) is 12.1 Å². The van der Waals surface area contributed by atoms with E-state index in [1.807, 2.05) is 6.07 Å². The van der Waals surface area contributed by atoms with Crippen molar-refractivity contribution >= 4 is 28.9 Å². The molecule has 0 aliphatic carbocycles. The normalized spacial score (nSPS) is 14.0. The number of anilines is 4. The number of pyridine rings is 1. The maximum atomic E-state index is 13.6. The molecule has 0 radical (unpaired) electrons. The quantitative estimate of drug-likeness (QED) is 0.836. The third kappa shape index (κ3) is 2.44. The van der Waals surface area contributed by atoms with E-state index in [0.717, 1.165) is 11.3 Å². The van der Waals surface area contributed by atoms with Gasteiger partial charge in [0.05, 0.1) is 23.6 Å². The molecule has 120 valence electrons. The summed E-state index contributed by atoms with van der Waals surface area (Å²) in [6.07, 6.45) is 1.74. The van der Waals surface area contributed by atoms with Crippen LogP contribution in [0.4, 0.5) is 32.1 Å². The summed E-state index contributed by atoms with van der Waals surface area (Å²) < 4.78 is 13.6. The molecule has 0 fully saturated rings. The Balaban J connectivity index is 2.06. The van der Waals surface area contributed by atoms with Gasteiger partial charge in [-0.1, -0.05) is 0 Å². The van der Waals surface area contributed by atoms with Gasteiger partial charge in [-0.25, -0.2) is 14.2 Å². The number of carbonyl (C=O) groups is 1. The Kier molecular flexibility index (Phi) is 3.55. The first-order chi connectivity index (χ1) is 10.9. The molecule has 1 aliphatic rings. The zero-order chi connectivity index (χ0) is 16.7. The number of nitrogens with two attached hydrogens (primary N) is 1. The topological polar surface area (TPSA) is 74.5 Å². The van der Waals surface area contributed by atoms with Crippen molar-refractivity contribution in [1.82, 2.24) is 4.98 Å². The Morgan fingerprint density at radius 1 is 1.30 bits per heavy atom. The fourth-order valence-electron chi connectivity index (χ4n) is 2.72. The third-order valence-electron chi connectivity index (χ3n) is 4.03. The summed E-state index contributed by atoms with van der Waals surface area (Å²) in [4.78, 5) is 20.1. The first kappa shape index (κ1) is 15.1. The third-order valence-corrected chi connectivity index (χ3v) is 4.03. The van der Waals surface area contributed by atoms with Crippen molar-refractivity contribution < 1.29 is 9.18 Å². The second-order valence-electron chi connectivity index (χ2n) is 5.54. The number of aromatic nitrogens is 1. The summed E-state index contributed by atoms with van der Waals surface area (Å²) in [5.74, 6) is 0.212. The molecule has 1 aromatic heterocycles. The van der Waals surface area contributed by atoms with Gasteiger partial charge in [-0.05, 0) is 24.6 Å². The largest absolute Gasteiger partial charge is 0.396 e. The van der Waals surface area contributed by atoms with Crippen molar-refractivity contribution in [2.75, 3.05) is 34.9 Å². The van der Waals surface area contributed by atoms with Crippen molar-refractivity contribution in [3.05, 3.63) is 41.3 Å². The molecule has 0 unspecified atom stereocenters. The minimum Gasteiger partial charge on any atom is -0.396 e. The highest BCUT2D eigenvalue weighted by molar-refractivity contribution is 6.06. The zero-order valence-corrected chi connectivity index (χ0v) is 13.2. The van der Waals surface area contributed by atoms with Gasteiger partial charge in [-0.15, -0.1) is 0 Å². The molecular formula is C16H18FN5O. The molecule has 3 rings (SSSR count). The number of aryl methyl sites for hydroxylation is 1. The Bertz CT molecular complexity index is 792. The molecule has 23 heavy (non-hydrogen) atoms. The van der Waals surface area contributed by atoms with E-state index in [1.54, 1.807) is 37.0 Å². The lowest BCUT2D eigenvalue weighted by Gasteiger charge is -2.35. The van der Waals surface area contributed by atoms with Crippen LogP contribution >= 0.6 is 0 Å². The van der Waals surface area contributed by atoms with E-state index >= 15 is 0 Å². The number of rotatable bonds is 2. The summed E-state index contributed by atoms with van der Waals surface area (Å²) in [5, 5.41) is 2.96. The number of nitrogens with one attached hydrogen (secondary N) is 1. The number of hydrogen-bond donors (Lipinski definition) is 2.